The molecule has 0 amide bonds. The summed E-state index contributed by atoms with van der Waals surface area (Å²) < 4.78 is 51.9. The highest BCUT2D eigenvalue weighted by atomic mass is 32.2. The van der Waals surface area contributed by atoms with E-state index in [9.17, 15) is 16.8 Å². The number of aliphatic hydroxyl groups excluding tert-OH is 1. The zero-order valence-corrected chi connectivity index (χ0v) is 16.7. The van der Waals surface area contributed by atoms with Crippen molar-refractivity contribution < 1.29 is 21.9 Å². The maximum atomic E-state index is 13.2. The van der Waals surface area contributed by atoms with Crippen molar-refractivity contribution in [1.82, 2.24) is 4.31 Å². The molecule has 1 N–H and O–H groups in total. The summed E-state index contributed by atoms with van der Waals surface area (Å²) in [6.45, 7) is 0.0618. The number of aliphatic hydroxyl groups is 1. The normalized spacial score (nSPS) is 21.9. The van der Waals surface area contributed by atoms with E-state index in [4.69, 9.17) is 5.11 Å². The Morgan fingerprint density at radius 3 is 2.15 bits per heavy atom. The van der Waals surface area contributed by atoms with Crippen LogP contribution in [0.25, 0.3) is 0 Å². The minimum Gasteiger partial charge on any atom is -0.392 e. The molecule has 27 heavy (non-hydrogen) atoms. The molecule has 2 unspecified atom stereocenters. The number of piperidine rings is 1. The molecule has 146 valence electrons. The first-order valence-electron chi connectivity index (χ1n) is 8.65. The molecule has 0 bridgehead atoms. The fraction of sp³-hybridized carbons (Fsp3) is 0.368. The Morgan fingerprint density at radius 2 is 1.59 bits per heavy atom. The molecule has 6 nitrogen and oxygen atoms in total. The van der Waals surface area contributed by atoms with E-state index < -0.39 is 25.1 Å². The van der Waals surface area contributed by atoms with Crippen LogP contribution in [-0.4, -0.2) is 50.8 Å². The van der Waals surface area contributed by atoms with Gasteiger partial charge >= 0.3 is 0 Å². The summed E-state index contributed by atoms with van der Waals surface area (Å²) in [4.78, 5) is 0.145. The monoisotopic (exact) mass is 409 g/mol. The van der Waals surface area contributed by atoms with Crippen molar-refractivity contribution in [3.05, 3.63) is 65.7 Å². The van der Waals surface area contributed by atoms with E-state index in [1.165, 1.54) is 16.4 Å². The zero-order chi connectivity index (χ0) is 19.7. The van der Waals surface area contributed by atoms with Gasteiger partial charge in [-0.15, -0.1) is 0 Å². The Hall–Kier alpha value is -1.74. The molecule has 0 spiro atoms. The summed E-state index contributed by atoms with van der Waals surface area (Å²) in [5, 5.41) is 8.31. The molecular weight excluding hydrogens is 386 g/mol. The summed E-state index contributed by atoms with van der Waals surface area (Å²) in [5.74, 6) is -0.189. The van der Waals surface area contributed by atoms with Gasteiger partial charge in [-0.25, -0.2) is 21.1 Å². The molecule has 1 saturated heterocycles. The molecule has 2 aromatic rings. The van der Waals surface area contributed by atoms with Crippen LogP contribution in [0.2, 0.25) is 0 Å². The van der Waals surface area contributed by atoms with E-state index in [-0.39, 0.29) is 30.5 Å². The van der Waals surface area contributed by atoms with Gasteiger partial charge in [0.05, 0.1) is 23.0 Å². The molecule has 0 aromatic heterocycles. The molecule has 0 radical (unpaired) electrons. The largest absolute Gasteiger partial charge is 0.392 e. The van der Waals surface area contributed by atoms with Crippen molar-refractivity contribution >= 4 is 19.9 Å². The van der Waals surface area contributed by atoms with Crippen LogP contribution >= 0.6 is 0 Å². The van der Waals surface area contributed by atoms with Gasteiger partial charge in [0, 0.05) is 13.1 Å². The van der Waals surface area contributed by atoms with Crippen molar-refractivity contribution in [3.63, 3.8) is 0 Å². The molecule has 2 atom stereocenters. The maximum absolute atomic E-state index is 13.2. The van der Waals surface area contributed by atoms with Crippen LogP contribution in [-0.2, 0) is 26.5 Å². The zero-order valence-electron chi connectivity index (χ0n) is 15.0. The first kappa shape index (κ1) is 20.0. The van der Waals surface area contributed by atoms with Gasteiger partial charge in [0.15, 0.2) is 9.84 Å². The first-order chi connectivity index (χ1) is 12.7. The summed E-state index contributed by atoms with van der Waals surface area (Å²) in [6, 6.07) is 15.5. The van der Waals surface area contributed by atoms with E-state index in [2.05, 4.69) is 0 Å². The van der Waals surface area contributed by atoms with Crippen molar-refractivity contribution in [2.45, 2.75) is 29.1 Å². The van der Waals surface area contributed by atoms with Crippen LogP contribution in [0.4, 0.5) is 0 Å². The average Bonchev–Trinajstić information content (AvgIpc) is 2.67. The average molecular weight is 410 g/mol. The first-order valence-corrected chi connectivity index (χ1v) is 12.0. The second-order valence-electron chi connectivity index (χ2n) is 6.89. The summed E-state index contributed by atoms with van der Waals surface area (Å²) >= 11 is 0. The van der Waals surface area contributed by atoms with E-state index in [1.54, 1.807) is 12.1 Å². The fourth-order valence-electron chi connectivity index (χ4n) is 3.45. The number of sulfone groups is 1. The lowest BCUT2D eigenvalue weighted by molar-refractivity contribution is 0.281. The van der Waals surface area contributed by atoms with Crippen molar-refractivity contribution in [2.75, 3.05) is 19.3 Å². The van der Waals surface area contributed by atoms with Gasteiger partial charge in [0.1, 0.15) is 0 Å². The number of nitrogens with zero attached hydrogens (tertiary/aromatic N) is 1. The van der Waals surface area contributed by atoms with Gasteiger partial charge in [-0.2, -0.15) is 0 Å². The Balaban J connectivity index is 1.96. The standard InChI is InChI=1S/C19H23NO5S2/c1-26(22,23)20-12-17(16-5-3-2-4-6-16)11-19(13-20)27(24,25)18-9-7-15(14-21)8-10-18/h2-10,17,19,21H,11-14H2,1H3. The Labute approximate surface area is 160 Å². The molecule has 1 fully saturated rings. The fourth-order valence-corrected chi connectivity index (χ4v) is 6.21. The van der Waals surface area contributed by atoms with Crippen LogP contribution < -0.4 is 0 Å². The van der Waals surface area contributed by atoms with Crippen molar-refractivity contribution in [2.24, 2.45) is 0 Å². The molecule has 0 aliphatic carbocycles. The van der Waals surface area contributed by atoms with E-state index in [0.717, 1.165) is 11.8 Å². The molecular formula is C19H23NO5S2. The lowest BCUT2D eigenvalue weighted by Gasteiger charge is -2.36. The van der Waals surface area contributed by atoms with Crippen LogP contribution in [0.3, 0.4) is 0 Å². The lowest BCUT2D eigenvalue weighted by Crippen LogP contribution is -2.47. The third-order valence-corrected chi connectivity index (χ3v) is 8.38. The van der Waals surface area contributed by atoms with E-state index in [1.807, 2.05) is 30.3 Å². The number of hydrogen-bond acceptors (Lipinski definition) is 5. The molecule has 1 heterocycles. The van der Waals surface area contributed by atoms with Crippen LogP contribution in [0.1, 0.15) is 23.5 Å². The number of rotatable bonds is 5. The highest BCUT2D eigenvalue weighted by Gasteiger charge is 2.39. The van der Waals surface area contributed by atoms with Crippen molar-refractivity contribution in [1.29, 1.82) is 0 Å². The van der Waals surface area contributed by atoms with Crippen molar-refractivity contribution in [3.8, 4) is 0 Å². The summed E-state index contributed by atoms with van der Waals surface area (Å²) in [6.07, 6.45) is 1.47. The van der Waals surface area contributed by atoms with Crippen LogP contribution in [0, 0.1) is 0 Å². The molecule has 1 aliphatic rings. The molecule has 0 saturated carbocycles. The smallest absolute Gasteiger partial charge is 0.211 e. The van der Waals surface area contributed by atoms with Gasteiger partial charge < -0.3 is 5.11 Å². The lowest BCUT2D eigenvalue weighted by atomic mass is 9.91. The number of sulfonamides is 1. The van der Waals surface area contributed by atoms with Gasteiger partial charge in [-0.05, 0) is 35.6 Å². The predicted molar refractivity (Wildman–Crippen MR) is 104 cm³/mol. The second-order valence-corrected chi connectivity index (χ2v) is 11.1. The molecule has 8 heteroatoms. The number of benzene rings is 2. The highest BCUT2D eigenvalue weighted by molar-refractivity contribution is 7.92. The minimum absolute atomic E-state index is 0.0494. The van der Waals surface area contributed by atoms with Crippen LogP contribution in [0.15, 0.2) is 59.5 Å². The Kier molecular flexibility index (Phi) is 5.71. The van der Waals surface area contributed by atoms with Crippen LogP contribution in [0.5, 0.6) is 0 Å². The summed E-state index contributed by atoms with van der Waals surface area (Å²) in [5.41, 5.74) is 1.55. The third-order valence-electron chi connectivity index (χ3n) is 4.99. The third kappa shape index (κ3) is 4.40. The topological polar surface area (TPSA) is 91.8 Å². The summed E-state index contributed by atoms with van der Waals surface area (Å²) in [7, 11) is -7.23. The predicted octanol–water partition coefficient (Wildman–Crippen LogP) is 1.77. The molecule has 3 rings (SSSR count). The minimum atomic E-state index is -3.71. The quantitative estimate of drug-likeness (QED) is 0.813. The van der Waals surface area contributed by atoms with Gasteiger partial charge in [-0.1, -0.05) is 42.5 Å². The number of hydrogen-bond donors (Lipinski definition) is 1. The van der Waals surface area contributed by atoms with E-state index in [0.29, 0.717) is 12.0 Å². The van der Waals surface area contributed by atoms with E-state index >= 15 is 0 Å². The Bertz CT molecular complexity index is 986. The maximum Gasteiger partial charge on any atom is 0.211 e. The van der Waals surface area contributed by atoms with Gasteiger partial charge in [-0.3, -0.25) is 0 Å². The molecule has 1 aliphatic heterocycles. The van der Waals surface area contributed by atoms with Gasteiger partial charge in [0.25, 0.3) is 0 Å². The highest BCUT2D eigenvalue weighted by Crippen LogP contribution is 2.33. The molecule has 2 aromatic carbocycles. The van der Waals surface area contributed by atoms with Gasteiger partial charge in [0.2, 0.25) is 10.0 Å². The SMILES string of the molecule is CS(=O)(=O)N1CC(c2ccccc2)CC(S(=O)(=O)c2ccc(CO)cc2)C1. The Morgan fingerprint density at radius 1 is 0.963 bits per heavy atom. The second kappa shape index (κ2) is 7.71.